The van der Waals surface area contributed by atoms with E-state index in [9.17, 15) is 4.79 Å². The van der Waals surface area contributed by atoms with Crippen molar-refractivity contribution in [1.82, 2.24) is 0 Å². The van der Waals surface area contributed by atoms with Crippen LogP contribution in [0.25, 0.3) is 0 Å². The van der Waals surface area contributed by atoms with Gasteiger partial charge in [-0.1, -0.05) is 20.3 Å². The zero-order valence-electron chi connectivity index (χ0n) is 10.7. The van der Waals surface area contributed by atoms with Crippen LogP contribution >= 0.6 is 0 Å². The molecule has 1 aliphatic rings. The van der Waals surface area contributed by atoms with E-state index in [1.807, 2.05) is 6.92 Å². The molecule has 2 unspecified atom stereocenters. The molecule has 94 valence electrons. The third-order valence-corrected chi connectivity index (χ3v) is 2.95. The molecule has 0 bridgehead atoms. The predicted molar refractivity (Wildman–Crippen MR) is 63.2 cm³/mol. The van der Waals surface area contributed by atoms with Crippen LogP contribution < -0.4 is 0 Å². The van der Waals surface area contributed by atoms with Crippen LogP contribution in [0.1, 0.15) is 46.5 Å². The lowest BCUT2D eigenvalue weighted by Crippen LogP contribution is -2.19. The normalized spacial score (nSPS) is 28.1. The smallest absolute Gasteiger partial charge is 0.308 e. The van der Waals surface area contributed by atoms with Crippen molar-refractivity contribution in [3.63, 3.8) is 0 Å². The first-order valence-electron chi connectivity index (χ1n) is 6.35. The highest BCUT2D eigenvalue weighted by Gasteiger charge is 2.19. The van der Waals surface area contributed by atoms with Gasteiger partial charge in [-0.05, 0) is 31.6 Å². The quantitative estimate of drug-likeness (QED) is 0.697. The number of cyclic esters (lactones) is 1. The SMILES string of the molecule is CC(C)CCC1COCCC(=O)OC(C)C1. The molecule has 1 fully saturated rings. The zero-order chi connectivity index (χ0) is 12.0. The van der Waals surface area contributed by atoms with Crippen molar-refractivity contribution in [3.8, 4) is 0 Å². The van der Waals surface area contributed by atoms with Crippen molar-refractivity contribution in [2.75, 3.05) is 13.2 Å². The molecule has 0 aromatic carbocycles. The zero-order valence-corrected chi connectivity index (χ0v) is 10.7. The van der Waals surface area contributed by atoms with Gasteiger partial charge in [0, 0.05) is 6.61 Å². The van der Waals surface area contributed by atoms with Gasteiger partial charge in [-0.2, -0.15) is 0 Å². The molecule has 3 nitrogen and oxygen atoms in total. The molecule has 0 saturated carbocycles. The lowest BCUT2D eigenvalue weighted by atomic mass is 9.94. The Balaban J connectivity index is 2.40. The van der Waals surface area contributed by atoms with E-state index in [1.165, 1.54) is 12.8 Å². The molecule has 0 aliphatic carbocycles. The predicted octanol–water partition coefficient (Wildman–Crippen LogP) is 2.78. The maximum atomic E-state index is 11.3. The summed E-state index contributed by atoms with van der Waals surface area (Å²) in [5.74, 6) is 1.13. The van der Waals surface area contributed by atoms with E-state index >= 15 is 0 Å². The van der Waals surface area contributed by atoms with Gasteiger partial charge in [-0.25, -0.2) is 0 Å². The second-order valence-corrected chi connectivity index (χ2v) is 5.20. The summed E-state index contributed by atoms with van der Waals surface area (Å²) >= 11 is 0. The van der Waals surface area contributed by atoms with E-state index in [1.54, 1.807) is 0 Å². The van der Waals surface area contributed by atoms with Crippen molar-refractivity contribution in [2.45, 2.75) is 52.6 Å². The number of hydrogen-bond donors (Lipinski definition) is 0. The minimum atomic E-state index is -0.128. The summed E-state index contributed by atoms with van der Waals surface area (Å²) in [5, 5.41) is 0. The van der Waals surface area contributed by atoms with Crippen molar-refractivity contribution in [3.05, 3.63) is 0 Å². The van der Waals surface area contributed by atoms with Crippen LogP contribution in [0.15, 0.2) is 0 Å². The number of carbonyl (C=O) groups excluding carboxylic acids is 1. The van der Waals surface area contributed by atoms with Gasteiger partial charge in [0.25, 0.3) is 0 Å². The fourth-order valence-electron chi connectivity index (χ4n) is 2.04. The molecule has 0 N–H and O–H groups in total. The minimum absolute atomic E-state index is 0.0337. The second-order valence-electron chi connectivity index (χ2n) is 5.20. The molecule has 2 atom stereocenters. The summed E-state index contributed by atoms with van der Waals surface area (Å²) in [5.41, 5.74) is 0. The molecule has 1 aliphatic heterocycles. The third kappa shape index (κ3) is 5.50. The van der Waals surface area contributed by atoms with Gasteiger partial charge >= 0.3 is 5.97 Å². The topological polar surface area (TPSA) is 35.5 Å². The Morgan fingerprint density at radius 2 is 2.19 bits per heavy atom. The van der Waals surface area contributed by atoms with E-state index in [4.69, 9.17) is 9.47 Å². The Bertz CT molecular complexity index is 213. The number of esters is 1. The maximum Gasteiger partial charge on any atom is 0.308 e. The average Bonchev–Trinajstić information content (AvgIpc) is 2.26. The van der Waals surface area contributed by atoms with Crippen LogP contribution in [-0.2, 0) is 14.3 Å². The Morgan fingerprint density at radius 1 is 1.44 bits per heavy atom. The standard InChI is InChI=1S/C13H24O3/c1-10(2)4-5-12-8-11(3)16-13(14)6-7-15-9-12/h10-12H,4-9H2,1-3H3. The van der Waals surface area contributed by atoms with Crippen LogP contribution in [0, 0.1) is 11.8 Å². The number of hydrogen-bond acceptors (Lipinski definition) is 3. The molecule has 0 aromatic heterocycles. The largest absolute Gasteiger partial charge is 0.463 e. The number of carbonyl (C=O) groups is 1. The minimum Gasteiger partial charge on any atom is -0.463 e. The molecule has 0 aromatic rings. The molecule has 16 heavy (non-hydrogen) atoms. The molecule has 0 radical (unpaired) electrons. The summed E-state index contributed by atoms with van der Waals surface area (Å²) < 4.78 is 10.8. The summed E-state index contributed by atoms with van der Waals surface area (Å²) in [6, 6.07) is 0. The lowest BCUT2D eigenvalue weighted by Gasteiger charge is -2.20. The van der Waals surface area contributed by atoms with Gasteiger partial charge < -0.3 is 9.47 Å². The molecule has 0 spiro atoms. The summed E-state index contributed by atoms with van der Waals surface area (Å²) in [7, 11) is 0. The Labute approximate surface area is 98.5 Å². The molecular weight excluding hydrogens is 204 g/mol. The van der Waals surface area contributed by atoms with Gasteiger partial charge in [0.15, 0.2) is 0 Å². The Kier molecular flexibility index (Phi) is 5.81. The van der Waals surface area contributed by atoms with Crippen molar-refractivity contribution < 1.29 is 14.3 Å². The third-order valence-electron chi connectivity index (χ3n) is 2.95. The molecule has 0 amide bonds. The first-order valence-corrected chi connectivity index (χ1v) is 6.35. The summed E-state index contributed by atoms with van der Waals surface area (Å²) in [6.07, 6.45) is 3.74. The summed E-state index contributed by atoms with van der Waals surface area (Å²) in [4.78, 5) is 11.3. The van der Waals surface area contributed by atoms with Gasteiger partial charge in [0.05, 0.1) is 19.1 Å². The van der Waals surface area contributed by atoms with Gasteiger partial charge in [0.2, 0.25) is 0 Å². The van der Waals surface area contributed by atoms with Gasteiger partial charge in [0.1, 0.15) is 0 Å². The van der Waals surface area contributed by atoms with Crippen LogP contribution in [0.2, 0.25) is 0 Å². The molecule has 1 heterocycles. The first-order chi connectivity index (χ1) is 7.58. The maximum absolute atomic E-state index is 11.3. The molecule has 3 heteroatoms. The van der Waals surface area contributed by atoms with E-state index < -0.39 is 0 Å². The monoisotopic (exact) mass is 228 g/mol. The van der Waals surface area contributed by atoms with Crippen LogP contribution in [0.5, 0.6) is 0 Å². The summed E-state index contributed by atoms with van der Waals surface area (Å²) in [6.45, 7) is 7.72. The van der Waals surface area contributed by atoms with Crippen molar-refractivity contribution >= 4 is 5.97 Å². The number of ether oxygens (including phenoxy) is 2. The Morgan fingerprint density at radius 3 is 2.88 bits per heavy atom. The fraction of sp³-hybridized carbons (Fsp3) is 0.923. The van der Waals surface area contributed by atoms with Crippen molar-refractivity contribution in [2.24, 2.45) is 11.8 Å². The lowest BCUT2D eigenvalue weighted by molar-refractivity contribution is -0.148. The van der Waals surface area contributed by atoms with Gasteiger partial charge in [-0.15, -0.1) is 0 Å². The van der Waals surface area contributed by atoms with Crippen molar-refractivity contribution in [1.29, 1.82) is 0 Å². The first kappa shape index (κ1) is 13.5. The average molecular weight is 228 g/mol. The van der Waals surface area contributed by atoms with E-state index in [0.717, 1.165) is 18.9 Å². The molecule has 1 rings (SSSR count). The highest BCUT2D eigenvalue weighted by atomic mass is 16.5. The second kappa shape index (κ2) is 6.89. The Hall–Kier alpha value is -0.570. The number of rotatable bonds is 3. The molecule has 1 saturated heterocycles. The van der Waals surface area contributed by atoms with E-state index in [0.29, 0.717) is 18.9 Å². The van der Waals surface area contributed by atoms with Crippen LogP contribution in [0.4, 0.5) is 0 Å². The highest BCUT2D eigenvalue weighted by Crippen LogP contribution is 2.20. The fourth-order valence-corrected chi connectivity index (χ4v) is 2.04. The van der Waals surface area contributed by atoms with Crippen LogP contribution in [0.3, 0.4) is 0 Å². The van der Waals surface area contributed by atoms with E-state index in [-0.39, 0.29) is 12.1 Å². The van der Waals surface area contributed by atoms with Crippen LogP contribution in [-0.4, -0.2) is 25.3 Å². The molecular formula is C13H24O3. The highest BCUT2D eigenvalue weighted by molar-refractivity contribution is 5.69. The van der Waals surface area contributed by atoms with E-state index in [2.05, 4.69) is 13.8 Å². The van der Waals surface area contributed by atoms with Gasteiger partial charge in [-0.3, -0.25) is 4.79 Å².